The molecule has 0 bridgehead atoms. The van der Waals surface area contributed by atoms with E-state index in [1.54, 1.807) is 7.05 Å². The normalized spacial score (nSPS) is 11.9. The molecule has 0 radical (unpaired) electrons. The van der Waals surface area contributed by atoms with Crippen molar-refractivity contribution in [3.05, 3.63) is 49.6 Å². The van der Waals surface area contributed by atoms with Gasteiger partial charge in [-0.25, -0.2) is 9.20 Å². The second-order valence-corrected chi connectivity index (χ2v) is 8.29. The molecule has 1 aromatic carbocycles. The van der Waals surface area contributed by atoms with Crippen LogP contribution >= 0.6 is 15.9 Å². The van der Waals surface area contributed by atoms with E-state index < -0.39 is 0 Å². The Morgan fingerprint density at radius 3 is 2.36 bits per heavy atom. The SMILES string of the molecule is CC(C)CCn1c2c(=O)n(C)c(=O)n(C)c2n2c(-c3ccc(Br)cc3)nnc12. The quantitative estimate of drug-likeness (QED) is 0.484. The number of fused-ring (bicyclic) bond motifs is 3. The molecule has 3 aromatic heterocycles. The van der Waals surface area contributed by atoms with Crippen LogP contribution in [0.25, 0.3) is 28.3 Å². The summed E-state index contributed by atoms with van der Waals surface area (Å²) in [5.74, 6) is 1.62. The maximum atomic E-state index is 13.0. The zero-order chi connectivity index (χ0) is 20.2. The summed E-state index contributed by atoms with van der Waals surface area (Å²) in [6, 6.07) is 7.70. The van der Waals surface area contributed by atoms with E-state index in [-0.39, 0.29) is 11.2 Å². The molecular formula is C19H21BrN6O2. The summed E-state index contributed by atoms with van der Waals surface area (Å²) < 4.78 is 7.27. The second kappa shape index (κ2) is 6.73. The zero-order valence-corrected chi connectivity index (χ0v) is 17.8. The highest BCUT2D eigenvalue weighted by Gasteiger charge is 2.23. The number of nitrogens with zero attached hydrogens (tertiary/aromatic N) is 6. The van der Waals surface area contributed by atoms with Crippen LogP contribution in [-0.4, -0.2) is 28.3 Å². The summed E-state index contributed by atoms with van der Waals surface area (Å²) in [6.07, 6.45) is 0.881. The van der Waals surface area contributed by atoms with E-state index in [9.17, 15) is 9.59 Å². The minimum atomic E-state index is -0.379. The first-order valence-electron chi connectivity index (χ1n) is 9.10. The van der Waals surface area contributed by atoms with Gasteiger partial charge >= 0.3 is 5.69 Å². The Kier molecular flexibility index (Phi) is 4.49. The van der Waals surface area contributed by atoms with Gasteiger partial charge in [0, 0.05) is 30.7 Å². The summed E-state index contributed by atoms with van der Waals surface area (Å²) in [7, 11) is 3.17. The fourth-order valence-corrected chi connectivity index (χ4v) is 3.70. The van der Waals surface area contributed by atoms with Crippen LogP contribution in [0.5, 0.6) is 0 Å². The van der Waals surface area contributed by atoms with Crippen LogP contribution in [0.15, 0.2) is 38.3 Å². The molecule has 0 aliphatic rings. The van der Waals surface area contributed by atoms with Crippen molar-refractivity contribution in [2.75, 3.05) is 0 Å². The maximum absolute atomic E-state index is 13.0. The smallest absolute Gasteiger partial charge is 0.302 e. The van der Waals surface area contributed by atoms with Crippen molar-refractivity contribution < 1.29 is 0 Å². The molecule has 0 unspecified atom stereocenters. The fraction of sp³-hybridized carbons (Fsp3) is 0.368. The summed E-state index contributed by atoms with van der Waals surface area (Å²) in [4.78, 5) is 25.6. The predicted octanol–water partition coefficient (Wildman–Crippen LogP) is 2.56. The molecular weight excluding hydrogens is 424 g/mol. The lowest BCUT2D eigenvalue weighted by Gasteiger charge is -2.08. The van der Waals surface area contributed by atoms with Gasteiger partial charge in [0.1, 0.15) is 0 Å². The summed E-state index contributed by atoms with van der Waals surface area (Å²) in [5, 5.41) is 8.74. The van der Waals surface area contributed by atoms with Crippen LogP contribution in [0.2, 0.25) is 0 Å². The Morgan fingerprint density at radius 2 is 1.71 bits per heavy atom. The minimum absolute atomic E-state index is 0.325. The largest absolute Gasteiger partial charge is 0.332 e. The van der Waals surface area contributed by atoms with Crippen molar-refractivity contribution in [2.45, 2.75) is 26.8 Å². The number of imidazole rings is 1. The number of rotatable bonds is 4. The average molecular weight is 445 g/mol. The van der Waals surface area contributed by atoms with E-state index >= 15 is 0 Å². The van der Waals surface area contributed by atoms with Crippen molar-refractivity contribution >= 4 is 32.9 Å². The first-order chi connectivity index (χ1) is 13.3. The highest BCUT2D eigenvalue weighted by atomic mass is 79.9. The van der Waals surface area contributed by atoms with Gasteiger partial charge in [-0.15, -0.1) is 10.2 Å². The first kappa shape index (κ1) is 18.7. The molecule has 4 rings (SSSR count). The van der Waals surface area contributed by atoms with Crippen molar-refractivity contribution in [3.8, 4) is 11.4 Å². The summed E-state index contributed by atoms with van der Waals surface area (Å²) >= 11 is 3.44. The van der Waals surface area contributed by atoms with Crippen molar-refractivity contribution in [1.29, 1.82) is 0 Å². The standard InChI is InChI=1S/C19H21BrN6O2/c1-11(2)9-10-25-14-16(23(3)19(28)24(4)17(14)27)26-15(21-22-18(25)26)12-5-7-13(20)8-6-12/h5-8,11H,9-10H2,1-4H3. The lowest BCUT2D eigenvalue weighted by atomic mass is 10.1. The molecule has 4 aromatic rings. The molecule has 0 saturated carbocycles. The van der Waals surface area contributed by atoms with Gasteiger partial charge in [-0.2, -0.15) is 0 Å². The topological polar surface area (TPSA) is 79.1 Å². The van der Waals surface area contributed by atoms with Crippen LogP contribution < -0.4 is 11.2 Å². The van der Waals surface area contributed by atoms with Gasteiger partial charge in [-0.05, 0) is 24.5 Å². The Hall–Kier alpha value is -2.68. The van der Waals surface area contributed by atoms with Gasteiger partial charge in [0.25, 0.3) is 5.56 Å². The number of hydrogen-bond acceptors (Lipinski definition) is 4. The number of halogens is 1. The third-order valence-electron chi connectivity index (χ3n) is 5.01. The second-order valence-electron chi connectivity index (χ2n) is 7.38. The molecule has 28 heavy (non-hydrogen) atoms. The molecule has 8 nitrogen and oxygen atoms in total. The molecule has 146 valence electrons. The highest BCUT2D eigenvalue weighted by Crippen LogP contribution is 2.26. The van der Waals surface area contributed by atoms with E-state index in [0.717, 1.165) is 21.0 Å². The van der Waals surface area contributed by atoms with Gasteiger partial charge in [0.15, 0.2) is 17.0 Å². The van der Waals surface area contributed by atoms with Gasteiger partial charge < -0.3 is 4.57 Å². The van der Waals surface area contributed by atoms with E-state index in [4.69, 9.17) is 0 Å². The lowest BCUT2D eigenvalue weighted by Crippen LogP contribution is -2.37. The van der Waals surface area contributed by atoms with Crippen LogP contribution in [0, 0.1) is 5.92 Å². The molecule has 0 N–H and O–H groups in total. The van der Waals surface area contributed by atoms with Crippen LogP contribution in [0.1, 0.15) is 20.3 Å². The molecule has 3 heterocycles. The average Bonchev–Trinajstić information content (AvgIpc) is 3.22. The van der Waals surface area contributed by atoms with Gasteiger partial charge in [-0.3, -0.25) is 13.9 Å². The van der Waals surface area contributed by atoms with E-state index in [1.165, 1.54) is 11.6 Å². The van der Waals surface area contributed by atoms with Crippen molar-refractivity contribution in [2.24, 2.45) is 20.0 Å². The van der Waals surface area contributed by atoms with Crippen LogP contribution in [0.3, 0.4) is 0 Å². The molecule has 0 saturated heterocycles. The number of aryl methyl sites for hydroxylation is 2. The Morgan fingerprint density at radius 1 is 1.04 bits per heavy atom. The third-order valence-corrected chi connectivity index (χ3v) is 5.54. The predicted molar refractivity (Wildman–Crippen MR) is 112 cm³/mol. The lowest BCUT2D eigenvalue weighted by molar-refractivity contribution is 0.526. The van der Waals surface area contributed by atoms with Crippen LogP contribution in [-0.2, 0) is 20.6 Å². The molecule has 0 atom stereocenters. The number of benzene rings is 1. The number of hydrogen-bond donors (Lipinski definition) is 0. The van der Waals surface area contributed by atoms with Gasteiger partial charge in [0.05, 0.1) is 0 Å². The van der Waals surface area contributed by atoms with E-state index in [2.05, 4.69) is 40.0 Å². The van der Waals surface area contributed by atoms with E-state index in [0.29, 0.717) is 35.2 Å². The van der Waals surface area contributed by atoms with Crippen LogP contribution in [0.4, 0.5) is 0 Å². The highest BCUT2D eigenvalue weighted by molar-refractivity contribution is 9.10. The Balaban J connectivity index is 2.14. The minimum Gasteiger partial charge on any atom is -0.302 e. The molecule has 0 fully saturated rings. The zero-order valence-electron chi connectivity index (χ0n) is 16.2. The maximum Gasteiger partial charge on any atom is 0.332 e. The molecule has 0 aliphatic heterocycles. The van der Waals surface area contributed by atoms with Crippen molar-refractivity contribution in [1.82, 2.24) is 28.3 Å². The fourth-order valence-electron chi connectivity index (χ4n) is 3.44. The molecule has 0 spiro atoms. The Labute approximate surface area is 169 Å². The molecule has 0 amide bonds. The number of aromatic nitrogens is 6. The summed E-state index contributed by atoms with van der Waals surface area (Å²) in [6.45, 7) is 4.89. The van der Waals surface area contributed by atoms with E-state index in [1.807, 2.05) is 33.2 Å². The monoisotopic (exact) mass is 444 g/mol. The summed E-state index contributed by atoms with van der Waals surface area (Å²) in [5.41, 5.74) is 1.13. The van der Waals surface area contributed by atoms with Gasteiger partial charge in [-0.1, -0.05) is 41.9 Å². The third kappa shape index (κ3) is 2.72. The molecule has 0 aliphatic carbocycles. The molecule has 9 heteroatoms. The Bertz CT molecular complexity index is 1310. The first-order valence-corrected chi connectivity index (χ1v) is 9.89. The van der Waals surface area contributed by atoms with Gasteiger partial charge in [0.2, 0.25) is 5.78 Å². The van der Waals surface area contributed by atoms with Crippen molar-refractivity contribution in [3.63, 3.8) is 0 Å².